The molecule has 0 N–H and O–H groups in total. The first-order valence-corrected chi connectivity index (χ1v) is 7.25. The molecule has 2 rings (SSSR count). The van der Waals surface area contributed by atoms with Crippen molar-refractivity contribution >= 4 is 5.78 Å². The van der Waals surface area contributed by atoms with Crippen molar-refractivity contribution in [1.82, 2.24) is 0 Å². The summed E-state index contributed by atoms with van der Waals surface area (Å²) in [7, 11) is 0. The Bertz CT molecular complexity index is 216. The van der Waals surface area contributed by atoms with E-state index in [2.05, 4.69) is 6.92 Å². The van der Waals surface area contributed by atoms with Crippen molar-refractivity contribution in [2.45, 2.75) is 71.1 Å². The van der Waals surface area contributed by atoms with Crippen molar-refractivity contribution in [2.75, 3.05) is 0 Å². The van der Waals surface area contributed by atoms with Gasteiger partial charge in [-0.3, -0.25) is 4.79 Å². The lowest BCUT2D eigenvalue weighted by atomic mass is 9.77. The van der Waals surface area contributed by atoms with Gasteiger partial charge in [0.25, 0.3) is 0 Å². The zero-order valence-electron chi connectivity index (χ0n) is 10.7. The fourth-order valence-electron chi connectivity index (χ4n) is 3.38. The molecule has 2 aliphatic carbocycles. The van der Waals surface area contributed by atoms with Gasteiger partial charge in [0, 0.05) is 12.8 Å². The number of ketones is 1. The molecule has 92 valence electrons. The number of hydrogen-bond donors (Lipinski definition) is 0. The second-order valence-electron chi connectivity index (χ2n) is 6.19. The lowest BCUT2D eigenvalue weighted by Crippen LogP contribution is -2.17. The molecule has 0 radical (unpaired) electrons. The Labute approximate surface area is 100.0 Å². The van der Waals surface area contributed by atoms with Crippen LogP contribution in [-0.4, -0.2) is 5.78 Å². The summed E-state index contributed by atoms with van der Waals surface area (Å²) in [5.41, 5.74) is 0. The van der Waals surface area contributed by atoms with Gasteiger partial charge in [0.1, 0.15) is 5.78 Å². The van der Waals surface area contributed by atoms with Gasteiger partial charge in [0.05, 0.1) is 0 Å². The van der Waals surface area contributed by atoms with Crippen LogP contribution in [0.4, 0.5) is 0 Å². The average molecular weight is 222 g/mol. The quantitative estimate of drug-likeness (QED) is 0.693. The summed E-state index contributed by atoms with van der Waals surface area (Å²) < 4.78 is 0. The molecule has 0 unspecified atom stereocenters. The second-order valence-corrected chi connectivity index (χ2v) is 6.19. The van der Waals surface area contributed by atoms with Crippen molar-refractivity contribution in [2.24, 2.45) is 17.8 Å². The third-order valence-electron chi connectivity index (χ3n) is 4.78. The molecule has 2 saturated carbocycles. The molecule has 0 amide bonds. The number of hydrogen-bond acceptors (Lipinski definition) is 1. The van der Waals surface area contributed by atoms with Gasteiger partial charge < -0.3 is 0 Å². The summed E-state index contributed by atoms with van der Waals surface area (Å²) in [6.07, 6.45) is 12.8. The maximum atomic E-state index is 11.2. The van der Waals surface area contributed by atoms with Crippen molar-refractivity contribution in [3.8, 4) is 0 Å². The highest BCUT2D eigenvalue weighted by molar-refractivity contribution is 5.78. The van der Waals surface area contributed by atoms with Gasteiger partial charge in [-0.25, -0.2) is 0 Å². The number of rotatable bonds is 3. The Morgan fingerprint density at radius 2 is 1.38 bits per heavy atom. The number of carbonyl (C=O) groups excluding carboxylic acids is 1. The maximum Gasteiger partial charge on any atom is 0.132 e. The summed E-state index contributed by atoms with van der Waals surface area (Å²) in [5, 5.41) is 0. The lowest BCUT2D eigenvalue weighted by Gasteiger charge is -2.28. The average Bonchev–Trinajstić information content (AvgIpc) is 2.30. The standard InChI is InChI=1S/C15H26O/c1-12-2-4-13(5-3-12)6-7-14-8-10-15(16)11-9-14/h12-14H,2-11H2,1H3. The topological polar surface area (TPSA) is 17.1 Å². The molecule has 0 saturated heterocycles. The minimum absolute atomic E-state index is 0.503. The van der Waals surface area contributed by atoms with Crippen LogP contribution in [0.5, 0.6) is 0 Å². The second kappa shape index (κ2) is 5.84. The highest BCUT2D eigenvalue weighted by atomic mass is 16.1. The van der Waals surface area contributed by atoms with Crippen LogP contribution in [0.25, 0.3) is 0 Å². The van der Waals surface area contributed by atoms with Crippen LogP contribution in [0.1, 0.15) is 71.1 Å². The smallest absolute Gasteiger partial charge is 0.132 e. The predicted octanol–water partition coefficient (Wildman–Crippen LogP) is 4.35. The van der Waals surface area contributed by atoms with Crippen molar-refractivity contribution in [3.63, 3.8) is 0 Å². The zero-order valence-corrected chi connectivity index (χ0v) is 10.7. The molecule has 0 aliphatic heterocycles. The summed E-state index contributed by atoms with van der Waals surface area (Å²) >= 11 is 0. The monoisotopic (exact) mass is 222 g/mol. The fraction of sp³-hybridized carbons (Fsp3) is 0.933. The van der Waals surface area contributed by atoms with E-state index < -0.39 is 0 Å². The summed E-state index contributed by atoms with van der Waals surface area (Å²) in [6, 6.07) is 0. The van der Waals surface area contributed by atoms with Gasteiger partial charge in [0.2, 0.25) is 0 Å². The third kappa shape index (κ3) is 3.61. The van der Waals surface area contributed by atoms with Crippen molar-refractivity contribution in [3.05, 3.63) is 0 Å². The van der Waals surface area contributed by atoms with E-state index in [-0.39, 0.29) is 0 Å². The Morgan fingerprint density at radius 3 is 1.94 bits per heavy atom. The Kier molecular flexibility index (Phi) is 4.43. The third-order valence-corrected chi connectivity index (χ3v) is 4.78. The molecule has 0 aromatic carbocycles. The molecule has 0 heterocycles. The van der Waals surface area contributed by atoms with Crippen LogP contribution >= 0.6 is 0 Å². The first kappa shape index (κ1) is 12.1. The van der Waals surface area contributed by atoms with Gasteiger partial charge in [-0.1, -0.05) is 45.4 Å². The van der Waals surface area contributed by atoms with Gasteiger partial charge in [-0.15, -0.1) is 0 Å². The molecule has 2 aliphatic rings. The summed E-state index contributed by atoms with van der Waals surface area (Å²) in [6.45, 7) is 2.39. The van der Waals surface area contributed by atoms with E-state index in [1.807, 2.05) is 0 Å². The van der Waals surface area contributed by atoms with E-state index in [1.165, 1.54) is 51.4 Å². The molecule has 0 bridgehead atoms. The van der Waals surface area contributed by atoms with Gasteiger partial charge >= 0.3 is 0 Å². The van der Waals surface area contributed by atoms with E-state index in [0.717, 1.165) is 30.6 Å². The number of carbonyl (C=O) groups is 1. The highest BCUT2D eigenvalue weighted by Crippen LogP contribution is 2.34. The maximum absolute atomic E-state index is 11.2. The van der Waals surface area contributed by atoms with Gasteiger partial charge in [0.15, 0.2) is 0 Å². The van der Waals surface area contributed by atoms with E-state index in [4.69, 9.17) is 0 Å². The largest absolute Gasteiger partial charge is 0.300 e. The van der Waals surface area contributed by atoms with Gasteiger partial charge in [-0.05, 0) is 30.6 Å². The minimum Gasteiger partial charge on any atom is -0.300 e. The highest BCUT2D eigenvalue weighted by Gasteiger charge is 2.22. The normalized spacial score (nSPS) is 32.9. The van der Waals surface area contributed by atoms with Gasteiger partial charge in [-0.2, -0.15) is 0 Å². The van der Waals surface area contributed by atoms with Crippen LogP contribution in [0.3, 0.4) is 0 Å². The van der Waals surface area contributed by atoms with Crippen LogP contribution in [0.15, 0.2) is 0 Å². The van der Waals surface area contributed by atoms with Crippen molar-refractivity contribution in [1.29, 1.82) is 0 Å². The molecular weight excluding hydrogens is 196 g/mol. The zero-order chi connectivity index (χ0) is 11.4. The Hall–Kier alpha value is -0.330. The minimum atomic E-state index is 0.503. The predicted molar refractivity (Wildman–Crippen MR) is 67.3 cm³/mol. The summed E-state index contributed by atoms with van der Waals surface area (Å²) in [4.78, 5) is 11.2. The van der Waals surface area contributed by atoms with E-state index in [1.54, 1.807) is 0 Å². The van der Waals surface area contributed by atoms with Crippen LogP contribution in [-0.2, 0) is 4.79 Å². The Balaban J connectivity index is 1.62. The molecule has 2 fully saturated rings. The number of Topliss-reactive ketones (excluding diaryl/α,β-unsaturated/α-hetero) is 1. The fourth-order valence-corrected chi connectivity index (χ4v) is 3.38. The van der Waals surface area contributed by atoms with E-state index in [9.17, 15) is 4.79 Å². The van der Waals surface area contributed by atoms with Crippen LogP contribution in [0, 0.1) is 17.8 Å². The van der Waals surface area contributed by atoms with E-state index in [0.29, 0.717) is 5.78 Å². The van der Waals surface area contributed by atoms with Crippen molar-refractivity contribution < 1.29 is 4.79 Å². The molecule has 1 nitrogen and oxygen atoms in total. The van der Waals surface area contributed by atoms with Crippen LogP contribution < -0.4 is 0 Å². The van der Waals surface area contributed by atoms with Crippen LogP contribution in [0.2, 0.25) is 0 Å². The van der Waals surface area contributed by atoms with E-state index >= 15 is 0 Å². The molecule has 16 heavy (non-hydrogen) atoms. The molecular formula is C15H26O. The summed E-state index contributed by atoms with van der Waals surface area (Å²) in [5.74, 6) is 3.36. The molecule has 0 aromatic rings. The SMILES string of the molecule is CC1CCC(CCC2CCC(=O)CC2)CC1. The first-order chi connectivity index (χ1) is 7.74. The molecule has 0 atom stereocenters. The molecule has 1 heteroatoms. The molecule has 0 spiro atoms. The Morgan fingerprint density at radius 1 is 0.875 bits per heavy atom. The lowest BCUT2D eigenvalue weighted by molar-refractivity contribution is -0.121. The molecule has 0 aromatic heterocycles. The first-order valence-electron chi connectivity index (χ1n) is 7.25.